The van der Waals surface area contributed by atoms with Crippen molar-refractivity contribution in [1.29, 1.82) is 0 Å². The maximum absolute atomic E-state index is 13.3. The molecule has 0 aromatic heterocycles. The van der Waals surface area contributed by atoms with Gasteiger partial charge in [0.25, 0.3) is 5.91 Å². The summed E-state index contributed by atoms with van der Waals surface area (Å²) >= 11 is 0. The van der Waals surface area contributed by atoms with Crippen LogP contribution in [0.25, 0.3) is 0 Å². The van der Waals surface area contributed by atoms with Crippen molar-refractivity contribution in [3.8, 4) is 11.5 Å². The Morgan fingerprint density at radius 3 is 2.70 bits per heavy atom. The summed E-state index contributed by atoms with van der Waals surface area (Å²) in [5, 5.41) is 0. The van der Waals surface area contributed by atoms with E-state index >= 15 is 0 Å². The molecule has 140 valence electrons. The van der Waals surface area contributed by atoms with Crippen LogP contribution in [0.5, 0.6) is 11.5 Å². The van der Waals surface area contributed by atoms with Gasteiger partial charge in [0.15, 0.2) is 11.5 Å². The summed E-state index contributed by atoms with van der Waals surface area (Å²) < 4.78 is 11.8. The minimum absolute atomic E-state index is 0.0581. The predicted octanol–water partition coefficient (Wildman–Crippen LogP) is 3.58. The van der Waals surface area contributed by atoms with E-state index in [1.165, 1.54) is 11.1 Å². The number of benzene rings is 2. The fraction of sp³-hybridized carbons (Fsp3) is 0.435. The Labute approximate surface area is 160 Å². The Morgan fingerprint density at radius 2 is 1.85 bits per heavy atom. The maximum atomic E-state index is 13.3. The number of piperidine rings is 1. The molecule has 3 aliphatic rings. The van der Waals surface area contributed by atoms with E-state index in [1.54, 1.807) is 0 Å². The van der Waals surface area contributed by atoms with Crippen molar-refractivity contribution in [3.63, 3.8) is 0 Å². The number of carbonyl (C=O) groups is 1. The first-order chi connectivity index (χ1) is 13.1. The second-order valence-corrected chi connectivity index (χ2v) is 8.28. The molecule has 0 spiro atoms. The first kappa shape index (κ1) is 16.7. The van der Waals surface area contributed by atoms with Crippen LogP contribution in [0.2, 0.25) is 0 Å². The van der Waals surface area contributed by atoms with E-state index in [-0.39, 0.29) is 24.0 Å². The first-order valence-electron chi connectivity index (χ1n) is 9.85. The van der Waals surface area contributed by atoms with Gasteiger partial charge in [-0.3, -0.25) is 4.79 Å². The SMILES string of the molecule is C[C@H]1[C@H]2Cc3ccccc3[C@]1(C)CCN2C(=O)[C@H]1COc2ccccc2O1. The van der Waals surface area contributed by atoms with Crippen LogP contribution in [0.15, 0.2) is 48.5 Å². The van der Waals surface area contributed by atoms with E-state index in [0.29, 0.717) is 17.4 Å². The fourth-order valence-corrected chi connectivity index (χ4v) is 5.19. The summed E-state index contributed by atoms with van der Waals surface area (Å²) in [4.78, 5) is 15.4. The Morgan fingerprint density at radius 1 is 1.11 bits per heavy atom. The van der Waals surface area contributed by atoms with Crippen LogP contribution in [0, 0.1) is 5.92 Å². The summed E-state index contributed by atoms with van der Waals surface area (Å²) in [6.07, 6.45) is 1.34. The lowest BCUT2D eigenvalue weighted by atomic mass is 9.59. The number of nitrogens with zero attached hydrogens (tertiary/aromatic N) is 1. The van der Waals surface area contributed by atoms with E-state index in [4.69, 9.17) is 9.47 Å². The highest BCUT2D eigenvalue weighted by atomic mass is 16.6. The van der Waals surface area contributed by atoms with Crippen LogP contribution < -0.4 is 9.47 Å². The molecule has 0 N–H and O–H groups in total. The number of rotatable bonds is 1. The van der Waals surface area contributed by atoms with E-state index in [9.17, 15) is 4.79 Å². The highest BCUT2D eigenvalue weighted by molar-refractivity contribution is 5.82. The van der Waals surface area contributed by atoms with Crippen LogP contribution in [-0.2, 0) is 16.6 Å². The molecule has 1 amide bonds. The molecule has 2 aliphatic heterocycles. The van der Waals surface area contributed by atoms with E-state index in [2.05, 4.69) is 43.0 Å². The Kier molecular flexibility index (Phi) is 3.71. The van der Waals surface area contributed by atoms with Crippen molar-refractivity contribution in [2.75, 3.05) is 13.2 Å². The molecule has 4 atom stereocenters. The van der Waals surface area contributed by atoms with Crippen molar-refractivity contribution >= 4 is 5.91 Å². The van der Waals surface area contributed by atoms with Crippen LogP contribution >= 0.6 is 0 Å². The van der Waals surface area contributed by atoms with E-state index < -0.39 is 6.10 Å². The van der Waals surface area contributed by atoms with Crippen molar-refractivity contribution in [2.24, 2.45) is 5.92 Å². The number of hydrogen-bond acceptors (Lipinski definition) is 3. The lowest BCUT2D eigenvalue weighted by Gasteiger charge is -2.55. The molecular weight excluding hydrogens is 338 g/mol. The smallest absolute Gasteiger partial charge is 0.267 e. The summed E-state index contributed by atoms with van der Waals surface area (Å²) in [6.45, 7) is 5.72. The number of carbonyl (C=O) groups excluding carboxylic acids is 1. The molecule has 5 rings (SSSR count). The molecule has 0 unspecified atom stereocenters. The van der Waals surface area contributed by atoms with Crippen LogP contribution in [-0.4, -0.2) is 36.1 Å². The predicted molar refractivity (Wildman–Crippen MR) is 103 cm³/mol. The number of likely N-dealkylation sites (tertiary alicyclic amines) is 1. The monoisotopic (exact) mass is 363 g/mol. The number of fused-ring (bicyclic) bond motifs is 5. The summed E-state index contributed by atoms with van der Waals surface area (Å²) in [5.74, 6) is 1.85. The lowest BCUT2D eigenvalue weighted by Crippen LogP contribution is -2.62. The van der Waals surface area contributed by atoms with Crippen molar-refractivity contribution in [3.05, 3.63) is 59.7 Å². The van der Waals surface area contributed by atoms with Crippen LogP contribution in [0.3, 0.4) is 0 Å². The molecule has 0 radical (unpaired) electrons. The maximum Gasteiger partial charge on any atom is 0.267 e. The van der Waals surface area contributed by atoms with Gasteiger partial charge in [-0.05, 0) is 47.4 Å². The second kappa shape index (κ2) is 6.01. The fourth-order valence-electron chi connectivity index (χ4n) is 5.19. The minimum Gasteiger partial charge on any atom is -0.485 e. The van der Waals surface area contributed by atoms with Gasteiger partial charge < -0.3 is 14.4 Å². The van der Waals surface area contributed by atoms with Gasteiger partial charge in [-0.25, -0.2) is 0 Å². The Balaban J connectivity index is 1.42. The Bertz CT molecular complexity index is 895. The number of hydrogen-bond donors (Lipinski definition) is 0. The van der Waals surface area contributed by atoms with E-state index in [0.717, 1.165) is 19.4 Å². The molecule has 0 saturated carbocycles. The third-order valence-corrected chi connectivity index (χ3v) is 6.98. The van der Waals surface area contributed by atoms with Gasteiger partial charge in [-0.2, -0.15) is 0 Å². The molecule has 2 bridgehead atoms. The summed E-state index contributed by atoms with van der Waals surface area (Å²) in [7, 11) is 0. The van der Waals surface area contributed by atoms with Crippen LogP contribution in [0.4, 0.5) is 0 Å². The molecule has 2 heterocycles. The number of ether oxygens (including phenoxy) is 2. The summed E-state index contributed by atoms with van der Waals surface area (Å²) in [6, 6.07) is 16.5. The quantitative estimate of drug-likeness (QED) is 0.777. The van der Waals surface area contributed by atoms with Gasteiger partial charge >= 0.3 is 0 Å². The largest absolute Gasteiger partial charge is 0.485 e. The highest BCUT2D eigenvalue weighted by Crippen LogP contribution is 2.48. The molecule has 27 heavy (non-hydrogen) atoms. The van der Waals surface area contributed by atoms with Gasteiger partial charge in [0.2, 0.25) is 6.10 Å². The zero-order chi connectivity index (χ0) is 18.6. The third kappa shape index (κ3) is 2.46. The minimum atomic E-state index is -0.561. The zero-order valence-corrected chi connectivity index (χ0v) is 15.9. The molecule has 2 aromatic rings. The van der Waals surface area contributed by atoms with Gasteiger partial charge in [0, 0.05) is 12.6 Å². The molecule has 1 fully saturated rings. The van der Waals surface area contributed by atoms with Gasteiger partial charge in [0.1, 0.15) is 6.61 Å². The van der Waals surface area contributed by atoms with Gasteiger partial charge in [0.05, 0.1) is 0 Å². The molecule has 1 saturated heterocycles. The van der Waals surface area contributed by atoms with Crippen LogP contribution in [0.1, 0.15) is 31.4 Å². The second-order valence-electron chi connectivity index (χ2n) is 8.28. The van der Waals surface area contributed by atoms with Gasteiger partial charge in [-0.1, -0.05) is 50.2 Å². The molecule has 4 heteroatoms. The van der Waals surface area contributed by atoms with Crippen molar-refractivity contribution < 1.29 is 14.3 Å². The average Bonchev–Trinajstić information content (AvgIpc) is 2.70. The molecule has 2 aromatic carbocycles. The van der Waals surface area contributed by atoms with Crippen molar-refractivity contribution in [2.45, 2.75) is 44.2 Å². The molecule has 1 aliphatic carbocycles. The topological polar surface area (TPSA) is 38.8 Å². The van der Waals surface area contributed by atoms with Crippen molar-refractivity contribution in [1.82, 2.24) is 4.90 Å². The number of para-hydroxylation sites is 2. The molecule has 4 nitrogen and oxygen atoms in total. The lowest BCUT2D eigenvalue weighted by molar-refractivity contribution is -0.148. The standard InChI is InChI=1S/C23H25NO3/c1-15-18-13-16-7-3-4-8-17(16)23(15,2)11-12-24(18)22(25)21-14-26-19-9-5-6-10-20(19)27-21/h3-10,15,18,21H,11-14H2,1-2H3/t15-,18+,21+,23+/m0/s1. The summed E-state index contributed by atoms with van der Waals surface area (Å²) in [5.41, 5.74) is 2.98. The highest BCUT2D eigenvalue weighted by Gasteiger charge is 2.50. The first-order valence-corrected chi connectivity index (χ1v) is 9.85. The third-order valence-electron chi connectivity index (χ3n) is 6.98. The molecular formula is C23H25NO3. The number of amides is 1. The normalized spacial score (nSPS) is 31.2. The average molecular weight is 363 g/mol. The zero-order valence-electron chi connectivity index (χ0n) is 15.9. The van der Waals surface area contributed by atoms with Gasteiger partial charge in [-0.15, -0.1) is 0 Å². The van der Waals surface area contributed by atoms with E-state index in [1.807, 2.05) is 24.3 Å². The Hall–Kier alpha value is -2.49.